The number of anilines is 1. The Morgan fingerprint density at radius 2 is 2.12 bits per heavy atom. The zero-order chi connectivity index (χ0) is 17.6. The van der Waals surface area contributed by atoms with Crippen molar-refractivity contribution < 1.29 is 9.59 Å². The van der Waals surface area contributed by atoms with E-state index in [9.17, 15) is 9.59 Å². The number of likely N-dealkylation sites (tertiary alicyclic amines) is 1. The zero-order valence-electron chi connectivity index (χ0n) is 14.4. The monoisotopic (exact) mass is 341 g/mol. The van der Waals surface area contributed by atoms with Crippen molar-refractivity contribution in [1.29, 1.82) is 0 Å². The molecule has 0 bridgehead atoms. The lowest BCUT2D eigenvalue weighted by atomic mass is 10.0. The zero-order valence-corrected chi connectivity index (χ0v) is 14.4. The van der Waals surface area contributed by atoms with E-state index < -0.39 is 6.04 Å². The lowest BCUT2D eigenvalue weighted by molar-refractivity contribution is -0.140. The highest BCUT2D eigenvalue weighted by Gasteiger charge is 2.31. The van der Waals surface area contributed by atoms with Crippen LogP contribution < -0.4 is 5.32 Å². The van der Waals surface area contributed by atoms with E-state index in [1.54, 1.807) is 23.4 Å². The van der Waals surface area contributed by atoms with Crippen LogP contribution in [0.5, 0.6) is 0 Å². The van der Waals surface area contributed by atoms with Gasteiger partial charge in [-0.2, -0.15) is 5.10 Å². The number of carbonyl (C=O) groups is 2. The minimum atomic E-state index is -0.408. The molecule has 1 aliphatic heterocycles. The third-order valence-electron chi connectivity index (χ3n) is 4.41. The van der Waals surface area contributed by atoms with Crippen LogP contribution >= 0.6 is 0 Å². The lowest BCUT2D eigenvalue weighted by Crippen LogP contribution is -2.49. The number of nitrogens with zero attached hydrogens (tertiary/aromatic N) is 3. The number of piperidine rings is 1. The van der Waals surface area contributed by atoms with Gasteiger partial charge in [0.15, 0.2) is 5.82 Å². The van der Waals surface area contributed by atoms with E-state index in [-0.39, 0.29) is 11.8 Å². The number of amides is 2. The fourth-order valence-electron chi connectivity index (χ4n) is 3.13. The van der Waals surface area contributed by atoms with Gasteiger partial charge in [-0.3, -0.25) is 19.7 Å². The Kier molecular flexibility index (Phi) is 5.42. The number of aromatic amines is 1. The molecule has 0 spiro atoms. The number of aromatic nitrogens is 3. The van der Waals surface area contributed by atoms with Crippen LogP contribution in [0.15, 0.2) is 30.6 Å². The van der Waals surface area contributed by atoms with Crippen molar-refractivity contribution in [2.24, 2.45) is 0 Å². The third kappa shape index (κ3) is 4.04. The van der Waals surface area contributed by atoms with E-state index in [4.69, 9.17) is 0 Å². The summed E-state index contributed by atoms with van der Waals surface area (Å²) >= 11 is 0. The topological polar surface area (TPSA) is 91.0 Å². The maximum atomic E-state index is 12.7. The summed E-state index contributed by atoms with van der Waals surface area (Å²) < 4.78 is 0. The molecule has 0 saturated carbocycles. The highest BCUT2D eigenvalue weighted by molar-refractivity contribution is 5.97. The molecular formula is C18H23N5O2. The Balaban J connectivity index is 1.68. The number of nitrogens with one attached hydrogen (secondary N) is 2. The number of rotatable bonds is 5. The predicted octanol–water partition coefficient (Wildman–Crippen LogP) is 2.59. The highest BCUT2D eigenvalue weighted by Crippen LogP contribution is 2.22. The third-order valence-corrected chi connectivity index (χ3v) is 4.41. The van der Waals surface area contributed by atoms with E-state index in [1.807, 2.05) is 19.1 Å². The summed E-state index contributed by atoms with van der Waals surface area (Å²) in [6.07, 6.45) is 7.28. The second kappa shape index (κ2) is 7.92. The summed E-state index contributed by atoms with van der Waals surface area (Å²) in [7, 11) is 0. The van der Waals surface area contributed by atoms with Gasteiger partial charge in [-0.15, -0.1) is 0 Å². The van der Waals surface area contributed by atoms with E-state index in [1.165, 1.54) is 0 Å². The van der Waals surface area contributed by atoms with Crippen LogP contribution in [0.3, 0.4) is 0 Å². The lowest BCUT2D eigenvalue weighted by Gasteiger charge is -2.34. The molecule has 2 aromatic heterocycles. The van der Waals surface area contributed by atoms with Crippen LogP contribution in [0, 0.1) is 0 Å². The first-order valence-electron chi connectivity index (χ1n) is 8.75. The smallest absolute Gasteiger partial charge is 0.248 e. The van der Waals surface area contributed by atoms with Gasteiger partial charge in [0.05, 0.1) is 5.69 Å². The van der Waals surface area contributed by atoms with E-state index in [2.05, 4.69) is 20.5 Å². The van der Waals surface area contributed by atoms with Gasteiger partial charge in [0, 0.05) is 37.0 Å². The fourth-order valence-corrected chi connectivity index (χ4v) is 3.13. The standard InChI is InChI=1S/C18H23N5O2/c1-2-5-17(24)23-11-4-3-6-15(23)18(25)20-16-12-14(21-22-16)13-7-9-19-10-8-13/h7-10,12,15H,2-6,11H2,1H3,(H2,20,21,22,25)/t15-/m1/s1. The van der Waals surface area contributed by atoms with Crippen molar-refractivity contribution in [2.45, 2.75) is 45.1 Å². The molecule has 7 heteroatoms. The molecule has 2 N–H and O–H groups in total. The number of pyridine rings is 1. The van der Waals surface area contributed by atoms with Gasteiger partial charge < -0.3 is 10.2 Å². The minimum Gasteiger partial charge on any atom is -0.331 e. The van der Waals surface area contributed by atoms with E-state index >= 15 is 0 Å². The molecule has 1 fully saturated rings. The second-order valence-corrected chi connectivity index (χ2v) is 6.24. The van der Waals surface area contributed by atoms with Crippen LogP contribution in [0.4, 0.5) is 5.82 Å². The summed E-state index contributed by atoms with van der Waals surface area (Å²) in [6.45, 7) is 2.63. The van der Waals surface area contributed by atoms with Crippen molar-refractivity contribution in [3.8, 4) is 11.3 Å². The van der Waals surface area contributed by atoms with Gasteiger partial charge in [0.1, 0.15) is 6.04 Å². The van der Waals surface area contributed by atoms with E-state index in [0.29, 0.717) is 25.2 Å². The number of H-pyrrole nitrogens is 1. The Labute approximate surface area is 146 Å². The molecule has 7 nitrogen and oxygen atoms in total. The van der Waals surface area contributed by atoms with Crippen molar-refractivity contribution >= 4 is 17.6 Å². The highest BCUT2D eigenvalue weighted by atomic mass is 16.2. The second-order valence-electron chi connectivity index (χ2n) is 6.24. The van der Waals surface area contributed by atoms with Gasteiger partial charge >= 0.3 is 0 Å². The molecule has 25 heavy (non-hydrogen) atoms. The Bertz CT molecular complexity index is 728. The largest absolute Gasteiger partial charge is 0.331 e. The first kappa shape index (κ1) is 17.1. The Morgan fingerprint density at radius 1 is 1.32 bits per heavy atom. The average Bonchev–Trinajstić information content (AvgIpc) is 3.11. The minimum absolute atomic E-state index is 0.0573. The van der Waals surface area contributed by atoms with Crippen molar-refractivity contribution in [3.63, 3.8) is 0 Å². The molecule has 1 aliphatic rings. The number of hydrogen-bond acceptors (Lipinski definition) is 4. The molecule has 2 amide bonds. The molecule has 3 rings (SSSR count). The Morgan fingerprint density at radius 3 is 2.88 bits per heavy atom. The van der Waals surface area contributed by atoms with Crippen LogP contribution in [-0.4, -0.2) is 44.5 Å². The molecule has 0 aromatic carbocycles. The summed E-state index contributed by atoms with van der Waals surface area (Å²) in [6, 6.07) is 5.11. The molecule has 0 aliphatic carbocycles. The average molecular weight is 341 g/mol. The number of carbonyl (C=O) groups excluding carboxylic acids is 2. The number of hydrogen-bond donors (Lipinski definition) is 2. The molecule has 0 unspecified atom stereocenters. The first-order valence-corrected chi connectivity index (χ1v) is 8.75. The van der Waals surface area contributed by atoms with Crippen LogP contribution in [0.25, 0.3) is 11.3 Å². The van der Waals surface area contributed by atoms with Gasteiger partial charge in [0.25, 0.3) is 0 Å². The molecule has 1 atom stereocenters. The quantitative estimate of drug-likeness (QED) is 0.874. The predicted molar refractivity (Wildman–Crippen MR) is 94.7 cm³/mol. The molecule has 0 radical (unpaired) electrons. The summed E-state index contributed by atoms with van der Waals surface area (Å²) in [5, 5.41) is 9.90. The molecule has 3 heterocycles. The van der Waals surface area contributed by atoms with Gasteiger partial charge in [-0.1, -0.05) is 6.92 Å². The fraction of sp³-hybridized carbons (Fsp3) is 0.444. The van der Waals surface area contributed by atoms with Gasteiger partial charge in [-0.05, 0) is 37.8 Å². The summed E-state index contributed by atoms with van der Waals surface area (Å²) in [5.74, 6) is 0.351. The SMILES string of the molecule is CCCC(=O)N1CCCC[C@@H]1C(=O)Nc1cc(-c2ccncc2)[nH]n1. The Hall–Kier alpha value is -2.70. The maximum absolute atomic E-state index is 12.7. The normalized spacial score (nSPS) is 17.3. The molecular weight excluding hydrogens is 318 g/mol. The maximum Gasteiger partial charge on any atom is 0.248 e. The summed E-state index contributed by atoms with van der Waals surface area (Å²) in [4.78, 5) is 30.6. The molecule has 1 saturated heterocycles. The van der Waals surface area contributed by atoms with Gasteiger partial charge in [-0.25, -0.2) is 0 Å². The van der Waals surface area contributed by atoms with Crippen molar-refractivity contribution in [3.05, 3.63) is 30.6 Å². The van der Waals surface area contributed by atoms with Crippen LogP contribution in [0.2, 0.25) is 0 Å². The van der Waals surface area contributed by atoms with Crippen molar-refractivity contribution in [1.82, 2.24) is 20.1 Å². The summed E-state index contributed by atoms with van der Waals surface area (Å²) in [5.41, 5.74) is 1.75. The first-order chi connectivity index (χ1) is 12.2. The van der Waals surface area contributed by atoms with Gasteiger partial charge in [0.2, 0.25) is 11.8 Å². The van der Waals surface area contributed by atoms with Crippen molar-refractivity contribution in [2.75, 3.05) is 11.9 Å². The van der Waals surface area contributed by atoms with Crippen LogP contribution in [-0.2, 0) is 9.59 Å². The van der Waals surface area contributed by atoms with Crippen LogP contribution in [0.1, 0.15) is 39.0 Å². The molecule has 2 aromatic rings. The molecule has 132 valence electrons. The van der Waals surface area contributed by atoms with E-state index in [0.717, 1.165) is 30.5 Å².